The number of rotatable bonds is 4. The zero-order valence-corrected chi connectivity index (χ0v) is 12.5. The predicted molar refractivity (Wildman–Crippen MR) is 81.3 cm³/mol. The molecule has 1 fully saturated rings. The molecule has 0 aliphatic carbocycles. The Morgan fingerprint density at radius 1 is 1.38 bits per heavy atom. The Morgan fingerprint density at radius 2 is 2.14 bits per heavy atom. The highest BCUT2D eigenvalue weighted by atomic mass is 32.1. The Bertz CT molecular complexity index is 639. The Kier molecular flexibility index (Phi) is 3.94. The van der Waals surface area contributed by atoms with Crippen LogP contribution < -0.4 is 4.74 Å². The topological polar surface area (TPSA) is 55.8 Å². The van der Waals surface area contributed by atoms with E-state index in [1.54, 1.807) is 5.38 Å². The van der Waals surface area contributed by atoms with Gasteiger partial charge in [0, 0.05) is 16.7 Å². The first-order valence-electron chi connectivity index (χ1n) is 6.81. The molecule has 1 saturated heterocycles. The maximum absolute atomic E-state index is 11.1. The van der Waals surface area contributed by atoms with Crippen molar-refractivity contribution in [3.63, 3.8) is 0 Å². The summed E-state index contributed by atoms with van der Waals surface area (Å²) in [7, 11) is 0. The molecule has 1 aromatic heterocycles. The number of ether oxygens (including phenoxy) is 2. The highest BCUT2D eigenvalue weighted by molar-refractivity contribution is 7.14. The molecule has 0 amide bonds. The smallest absolute Gasteiger partial charge is 0.336 e. The summed E-state index contributed by atoms with van der Waals surface area (Å²) >= 11 is 1.45. The summed E-state index contributed by atoms with van der Waals surface area (Å²) in [6, 6.07) is 7.78. The van der Waals surface area contributed by atoms with Crippen LogP contribution in [0, 0.1) is 6.92 Å². The lowest BCUT2D eigenvalue weighted by Gasteiger charge is -2.12. The van der Waals surface area contributed by atoms with Gasteiger partial charge in [-0.15, -0.1) is 11.3 Å². The molecule has 0 spiro atoms. The molecule has 4 nitrogen and oxygen atoms in total. The fraction of sp³-hybridized carbons (Fsp3) is 0.312. The van der Waals surface area contributed by atoms with Crippen LogP contribution >= 0.6 is 11.3 Å². The number of thiophene rings is 1. The zero-order chi connectivity index (χ0) is 14.8. The van der Waals surface area contributed by atoms with E-state index in [0.717, 1.165) is 34.8 Å². The molecule has 1 N–H and O–H groups in total. The van der Waals surface area contributed by atoms with Crippen molar-refractivity contribution in [2.75, 3.05) is 13.2 Å². The van der Waals surface area contributed by atoms with E-state index in [4.69, 9.17) is 14.6 Å². The monoisotopic (exact) mass is 304 g/mol. The third kappa shape index (κ3) is 2.94. The number of carbonyl (C=O) groups is 1. The normalized spacial score (nSPS) is 17.9. The molecule has 5 heteroatoms. The summed E-state index contributed by atoms with van der Waals surface area (Å²) in [5, 5.41) is 10.8. The van der Waals surface area contributed by atoms with Crippen LogP contribution in [0.3, 0.4) is 0 Å². The number of aromatic carboxylic acids is 1. The lowest BCUT2D eigenvalue weighted by Crippen LogP contribution is -2.15. The number of hydrogen-bond donors (Lipinski definition) is 1. The van der Waals surface area contributed by atoms with Gasteiger partial charge in [0.2, 0.25) is 0 Å². The van der Waals surface area contributed by atoms with Crippen molar-refractivity contribution in [3.05, 3.63) is 40.8 Å². The van der Waals surface area contributed by atoms with E-state index in [1.807, 2.05) is 31.2 Å². The van der Waals surface area contributed by atoms with E-state index in [2.05, 4.69) is 0 Å². The van der Waals surface area contributed by atoms with Crippen LogP contribution in [0.4, 0.5) is 0 Å². The first-order valence-corrected chi connectivity index (χ1v) is 7.69. The van der Waals surface area contributed by atoms with Gasteiger partial charge >= 0.3 is 5.97 Å². The zero-order valence-electron chi connectivity index (χ0n) is 11.7. The lowest BCUT2D eigenvalue weighted by molar-refractivity contribution is 0.0697. The van der Waals surface area contributed by atoms with Gasteiger partial charge in [-0.3, -0.25) is 0 Å². The van der Waals surface area contributed by atoms with Crippen molar-refractivity contribution in [3.8, 4) is 16.2 Å². The summed E-state index contributed by atoms with van der Waals surface area (Å²) in [5.74, 6) is -0.0573. The summed E-state index contributed by atoms with van der Waals surface area (Å²) in [6.45, 7) is 3.25. The van der Waals surface area contributed by atoms with E-state index in [9.17, 15) is 4.79 Å². The van der Waals surface area contributed by atoms with Gasteiger partial charge in [-0.1, -0.05) is 0 Å². The molecule has 1 unspecified atom stereocenters. The second-order valence-electron chi connectivity index (χ2n) is 5.04. The second-order valence-corrected chi connectivity index (χ2v) is 5.92. The standard InChI is InChI=1S/C16H16O4S/c1-10-14(16(17)18)9-21-15(10)11-2-4-12(5-3-11)20-13-6-7-19-8-13/h2-5,9,13H,6-8H2,1H3,(H,17,18). The molecule has 0 bridgehead atoms. The van der Waals surface area contributed by atoms with Gasteiger partial charge in [0.05, 0.1) is 18.8 Å². The highest BCUT2D eigenvalue weighted by Crippen LogP contribution is 2.33. The van der Waals surface area contributed by atoms with Crippen molar-refractivity contribution in [1.29, 1.82) is 0 Å². The molecule has 1 aromatic carbocycles. The fourth-order valence-corrected chi connectivity index (χ4v) is 3.47. The molecule has 1 aliphatic heterocycles. The van der Waals surface area contributed by atoms with Crippen LogP contribution in [0.25, 0.3) is 10.4 Å². The van der Waals surface area contributed by atoms with Crippen LogP contribution in [0.2, 0.25) is 0 Å². The van der Waals surface area contributed by atoms with Crippen molar-refractivity contribution in [1.82, 2.24) is 0 Å². The Labute approximate surface area is 126 Å². The largest absolute Gasteiger partial charge is 0.488 e. The third-order valence-corrected chi connectivity index (χ3v) is 4.71. The quantitative estimate of drug-likeness (QED) is 0.938. The first kappa shape index (κ1) is 14.1. The molecule has 21 heavy (non-hydrogen) atoms. The molecule has 2 heterocycles. The minimum absolute atomic E-state index is 0.137. The molecule has 0 saturated carbocycles. The van der Waals surface area contributed by atoms with Gasteiger partial charge in [0.15, 0.2) is 0 Å². The molecule has 2 aromatic rings. The third-order valence-electron chi connectivity index (χ3n) is 3.58. The molecule has 0 radical (unpaired) electrons. The second kappa shape index (κ2) is 5.87. The average Bonchev–Trinajstić information content (AvgIpc) is 3.09. The lowest BCUT2D eigenvalue weighted by atomic mass is 10.1. The van der Waals surface area contributed by atoms with Gasteiger partial charge in [0.1, 0.15) is 11.9 Å². The predicted octanol–water partition coefficient (Wildman–Crippen LogP) is 3.59. The van der Waals surface area contributed by atoms with Crippen molar-refractivity contribution in [2.24, 2.45) is 0 Å². The number of carboxylic acids is 1. The van der Waals surface area contributed by atoms with E-state index < -0.39 is 5.97 Å². The van der Waals surface area contributed by atoms with Crippen LogP contribution in [0.1, 0.15) is 22.3 Å². The summed E-state index contributed by atoms with van der Waals surface area (Å²) < 4.78 is 11.1. The fourth-order valence-electron chi connectivity index (χ4n) is 2.40. The van der Waals surface area contributed by atoms with E-state index in [1.165, 1.54) is 11.3 Å². The molecular formula is C16H16O4S. The van der Waals surface area contributed by atoms with E-state index in [0.29, 0.717) is 12.2 Å². The van der Waals surface area contributed by atoms with Crippen LogP contribution in [-0.4, -0.2) is 30.4 Å². The maximum Gasteiger partial charge on any atom is 0.336 e. The van der Waals surface area contributed by atoms with Crippen molar-refractivity contribution < 1.29 is 19.4 Å². The van der Waals surface area contributed by atoms with Crippen LogP contribution in [0.5, 0.6) is 5.75 Å². The number of hydrogen-bond acceptors (Lipinski definition) is 4. The van der Waals surface area contributed by atoms with Gasteiger partial charge in [0.25, 0.3) is 0 Å². The number of carboxylic acid groups (broad SMARTS) is 1. The molecule has 1 aliphatic rings. The average molecular weight is 304 g/mol. The Hall–Kier alpha value is -1.85. The van der Waals surface area contributed by atoms with Crippen LogP contribution in [-0.2, 0) is 4.74 Å². The summed E-state index contributed by atoms with van der Waals surface area (Å²) in [6.07, 6.45) is 1.06. The Morgan fingerprint density at radius 3 is 2.71 bits per heavy atom. The first-order chi connectivity index (χ1) is 10.1. The summed E-state index contributed by atoms with van der Waals surface area (Å²) in [4.78, 5) is 12.1. The highest BCUT2D eigenvalue weighted by Gasteiger charge is 2.18. The van der Waals surface area contributed by atoms with Gasteiger partial charge < -0.3 is 14.6 Å². The van der Waals surface area contributed by atoms with E-state index >= 15 is 0 Å². The SMILES string of the molecule is Cc1c(C(=O)O)csc1-c1ccc(OC2CCOC2)cc1. The molecule has 1 atom stereocenters. The van der Waals surface area contributed by atoms with Gasteiger partial charge in [-0.05, 0) is 42.3 Å². The minimum atomic E-state index is -0.879. The Balaban J connectivity index is 1.79. The van der Waals surface area contributed by atoms with Crippen molar-refractivity contribution in [2.45, 2.75) is 19.4 Å². The molecular weight excluding hydrogens is 288 g/mol. The van der Waals surface area contributed by atoms with Gasteiger partial charge in [-0.2, -0.15) is 0 Å². The number of benzene rings is 1. The molecule has 110 valence electrons. The maximum atomic E-state index is 11.1. The van der Waals surface area contributed by atoms with Crippen molar-refractivity contribution >= 4 is 17.3 Å². The minimum Gasteiger partial charge on any atom is -0.488 e. The summed E-state index contributed by atoms with van der Waals surface area (Å²) in [5.41, 5.74) is 2.20. The van der Waals surface area contributed by atoms with Gasteiger partial charge in [-0.25, -0.2) is 4.79 Å². The molecule has 3 rings (SSSR count). The van der Waals surface area contributed by atoms with Crippen LogP contribution in [0.15, 0.2) is 29.6 Å². The van der Waals surface area contributed by atoms with E-state index in [-0.39, 0.29) is 6.10 Å².